The number of carbonyl (C=O) groups is 1. The van der Waals surface area contributed by atoms with E-state index in [0.717, 1.165) is 5.56 Å². The Hall–Kier alpha value is -1.57. The first-order chi connectivity index (χ1) is 8.89. The topological polar surface area (TPSA) is 26.3 Å². The molecule has 0 atom stereocenters. The molecule has 2 nitrogen and oxygen atoms in total. The molecule has 0 aromatic heterocycles. The van der Waals surface area contributed by atoms with Crippen LogP contribution >= 0.6 is 0 Å². The summed E-state index contributed by atoms with van der Waals surface area (Å²) in [6.07, 6.45) is 3.81. The molecule has 0 aliphatic carbocycles. The van der Waals surface area contributed by atoms with E-state index in [2.05, 4.69) is 19.1 Å². The largest absolute Gasteiger partial charge is 0.461 e. The maximum absolute atomic E-state index is 11.5. The van der Waals surface area contributed by atoms with Gasteiger partial charge in [-0.25, -0.2) is 0 Å². The Morgan fingerprint density at radius 2 is 1.68 bits per heavy atom. The van der Waals surface area contributed by atoms with Gasteiger partial charge in [0.25, 0.3) is 0 Å². The van der Waals surface area contributed by atoms with E-state index in [9.17, 15) is 4.79 Å². The van der Waals surface area contributed by atoms with Crippen LogP contribution in [0.25, 0.3) is 6.08 Å². The standard InChI is InChI=1S/C15H20O2.C2H6/c1-12-7-9-13(10-8-12)6-5-11-17-14(16)15(2,3)4;1-2/h5-10H,11H2,1-4H3;1-2H3/b6-5+;. The quantitative estimate of drug-likeness (QED) is 0.743. The molecule has 1 rings (SSSR count). The number of ether oxygens (including phenoxy) is 1. The maximum Gasteiger partial charge on any atom is 0.311 e. The predicted molar refractivity (Wildman–Crippen MR) is 82.0 cm³/mol. The number of rotatable bonds is 3. The normalized spacial score (nSPS) is 10.8. The fourth-order valence-electron chi connectivity index (χ4n) is 1.20. The van der Waals surface area contributed by atoms with Crippen molar-refractivity contribution in [3.63, 3.8) is 0 Å². The highest BCUT2D eigenvalue weighted by atomic mass is 16.5. The second-order valence-corrected chi connectivity index (χ2v) is 5.16. The van der Waals surface area contributed by atoms with Crippen LogP contribution in [-0.2, 0) is 9.53 Å². The summed E-state index contributed by atoms with van der Waals surface area (Å²) < 4.78 is 5.13. The summed E-state index contributed by atoms with van der Waals surface area (Å²) in [4.78, 5) is 11.5. The van der Waals surface area contributed by atoms with Gasteiger partial charge in [0.2, 0.25) is 0 Å². The number of esters is 1. The Morgan fingerprint density at radius 1 is 1.16 bits per heavy atom. The van der Waals surface area contributed by atoms with Gasteiger partial charge in [0.05, 0.1) is 5.41 Å². The lowest BCUT2D eigenvalue weighted by Gasteiger charge is -2.15. The van der Waals surface area contributed by atoms with Crippen molar-refractivity contribution in [2.45, 2.75) is 41.5 Å². The molecule has 1 aromatic carbocycles. The molecular formula is C17H26O2. The number of hydrogen-bond donors (Lipinski definition) is 0. The van der Waals surface area contributed by atoms with Crippen molar-refractivity contribution in [3.05, 3.63) is 41.5 Å². The average molecular weight is 262 g/mol. The van der Waals surface area contributed by atoms with Crippen LogP contribution in [0.3, 0.4) is 0 Å². The van der Waals surface area contributed by atoms with Gasteiger partial charge >= 0.3 is 5.97 Å². The minimum atomic E-state index is -0.433. The van der Waals surface area contributed by atoms with Crippen LogP contribution in [0, 0.1) is 12.3 Å². The van der Waals surface area contributed by atoms with Crippen LogP contribution in [0.4, 0.5) is 0 Å². The zero-order valence-electron chi connectivity index (χ0n) is 13.0. The van der Waals surface area contributed by atoms with E-state index in [1.165, 1.54) is 5.56 Å². The lowest BCUT2D eigenvalue weighted by molar-refractivity contribution is -0.151. The molecule has 0 spiro atoms. The molecule has 0 fully saturated rings. The summed E-state index contributed by atoms with van der Waals surface area (Å²) in [6, 6.07) is 8.19. The lowest BCUT2D eigenvalue weighted by atomic mass is 9.97. The maximum atomic E-state index is 11.5. The van der Waals surface area contributed by atoms with E-state index >= 15 is 0 Å². The van der Waals surface area contributed by atoms with E-state index in [1.807, 2.05) is 58.9 Å². The molecule has 2 heteroatoms. The highest BCUT2D eigenvalue weighted by Crippen LogP contribution is 2.15. The molecule has 0 radical (unpaired) electrons. The predicted octanol–water partition coefficient (Wildman–Crippen LogP) is 4.62. The van der Waals surface area contributed by atoms with Gasteiger partial charge < -0.3 is 4.74 Å². The van der Waals surface area contributed by atoms with Crippen molar-refractivity contribution in [2.24, 2.45) is 5.41 Å². The molecule has 0 N–H and O–H groups in total. The Labute approximate surface area is 117 Å². The van der Waals surface area contributed by atoms with Crippen molar-refractivity contribution in [2.75, 3.05) is 6.61 Å². The summed E-state index contributed by atoms with van der Waals surface area (Å²) in [5.74, 6) is -0.175. The van der Waals surface area contributed by atoms with Crippen LogP contribution in [0.1, 0.15) is 45.7 Å². The summed E-state index contributed by atoms with van der Waals surface area (Å²) in [7, 11) is 0. The first-order valence-electron chi connectivity index (χ1n) is 6.80. The first kappa shape index (κ1) is 17.4. The molecule has 0 saturated heterocycles. The Balaban J connectivity index is 0.00000154. The third-order valence-electron chi connectivity index (χ3n) is 2.31. The Morgan fingerprint density at radius 3 is 2.16 bits per heavy atom. The highest BCUT2D eigenvalue weighted by molar-refractivity contribution is 5.75. The van der Waals surface area contributed by atoms with Crippen LogP contribution < -0.4 is 0 Å². The molecule has 1 aromatic rings. The van der Waals surface area contributed by atoms with Gasteiger partial charge in [-0.1, -0.05) is 49.8 Å². The minimum Gasteiger partial charge on any atom is -0.461 e. The van der Waals surface area contributed by atoms with Gasteiger partial charge in [-0.3, -0.25) is 4.79 Å². The number of hydrogen-bond acceptors (Lipinski definition) is 2. The van der Waals surface area contributed by atoms with Crippen molar-refractivity contribution in [3.8, 4) is 0 Å². The molecule has 19 heavy (non-hydrogen) atoms. The van der Waals surface area contributed by atoms with Gasteiger partial charge in [0.15, 0.2) is 0 Å². The minimum absolute atomic E-state index is 0.175. The second kappa shape index (κ2) is 8.52. The smallest absolute Gasteiger partial charge is 0.311 e. The van der Waals surface area contributed by atoms with Gasteiger partial charge in [0, 0.05) is 0 Å². The summed E-state index contributed by atoms with van der Waals surface area (Å²) in [6.45, 7) is 11.9. The van der Waals surface area contributed by atoms with Gasteiger partial charge in [-0.05, 0) is 39.3 Å². The average Bonchev–Trinajstić information content (AvgIpc) is 2.38. The molecule has 0 bridgehead atoms. The lowest BCUT2D eigenvalue weighted by Crippen LogP contribution is -2.22. The van der Waals surface area contributed by atoms with Crippen LogP contribution in [-0.4, -0.2) is 12.6 Å². The number of benzene rings is 1. The van der Waals surface area contributed by atoms with E-state index in [-0.39, 0.29) is 5.97 Å². The fourth-order valence-corrected chi connectivity index (χ4v) is 1.20. The molecule has 0 aliphatic heterocycles. The van der Waals surface area contributed by atoms with Crippen LogP contribution in [0.5, 0.6) is 0 Å². The molecule has 106 valence electrons. The summed E-state index contributed by atoms with van der Waals surface area (Å²) in [5.41, 5.74) is 1.92. The molecule has 0 unspecified atom stereocenters. The number of aryl methyl sites for hydroxylation is 1. The third-order valence-corrected chi connectivity index (χ3v) is 2.31. The Kier molecular flexibility index (Phi) is 7.81. The third kappa shape index (κ3) is 7.45. The number of carbonyl (C=O) groups excluding carboxylic acids is 1. The van der Waals surface area contributed by atoms with Crippen molar-refractivity contribution >= 4 is 12.0 Å². The second-order valence-electron chi connectivity index (χ2n) is 5.16. The zero-order chi connectivity index (χ0) is 14.9. The van der Waals surface area contributed by atoms with E-state index < -0.39 is 5.41 Å². The van der Waals surface area contributed by atoms with E-state index in [4.69, 9.17) is 4.74 Å². The molecular weight excluding hydrogens is 236 g/mol. The molecule has 0 heterocycles. The zero-order valence-corrected chi connectivity index (χ0v) is 13.0. The van der Waals surface area contributed by atoms with Crippen molar-refractivity contribution in [1.29, 1.82) is 0 Å². The van der Waals surface area contributed by atoms with Gasteiger partial charge in [0.1, 0.15) is 6.61 Å². The van der Waals surface area contributed by atoms with Crippen molar-refractivity contribution < 1.29 is 9.53 Å². The van der Waals surface area contributed by atoms with Gasteiger partial charge in [-0.2, -0.15) is 0 Å². The molecule has 0 aliphatic rings. The summed E-state index contributed by atoms with van der Waals surface area (Å²) in [5, 5.41) is 0. The summed E-state index contributed by atoms with van der Waals surface area (Å²) >= 11 is 0. The monoisotopic (exact) mass is 262 g/mol. The molecule has 0 saturated carbocycles. The molecule has 0 amide bonds. The Bertz CT molecular complexity index is 394. The van der Waals surface area contributed by atoms with Crippen molar-refractivity contribution in [1.82, 2.24) is 0 Å². The highest BCUT2D eigenvalue weighted by Gasteiger charge is 2.22. The van der Waals surface area contributed by atoms with Crippen LogP contribution in [0.2, 0.25) is 0 Å². The van der Waals surface area contributed by atoms with Gasteiger partial charge in [-0.15, -0.1) is 0 Å². The van der Waals surface area contributed by atoms with Crippen LogP contribution in [0.15, 0.2) is 30.3 Å². The SMILES string of the molecule is CC.Cc1ccc(/C=C/COC(=O)C(C)(C)C)cc1. The first-order valence-corrected chi connectivity index (χ1v) is 6.80. The fraction of sp³-hybridized carbons (Fsp3) is 0.471. The van der Waals surface area contributed by atoms with E-state index in [0.29, 0.717) is 6.61 Å². The van der Waals surface area contributed by atoms with E-state index in [1.54, 1.807) is 0 Å².